The summed E-state index contributed by atoms with van der Waals surface area (Å²) >= 11 is 0. The smallest absolute Gasteiger partial charge is 0.0114 e. The Morgan fingerprint density at radius 3 is 2.42 bits per heavy atom. The molecule has 0 aromatic heterocycles. The van der Waals surface area contributed by atoms with Gasteiger partial charge in [-0.25, -0.2) is 0 Å². The van der Waals surface area contributed by atoms with Crippen LogP contribution < -0.4 is 0 Å². The van der Waals surface area contributed by atoms with Crippen LogP contribution in [0.5, 0.6) is 0 Å². The van der Waals surface area contributed by atoms with Gasteiger partial charge in [0, 0.05) is 0 Å². The van der Waals surface area contributed by atoms with E-state index in [1.807, 2.05) is 0 Å². The van der Waals surface area contributed by atoms with E-state index in [1.165, 1.54) is 32.1 Å². The maximum absolute atomic E-state index is 2.44. The van der Waals surface area contributed by atoms with E-state index in [1.54, 1.807) is 11.1 Å². The highest BCUT2D eigenvalue weighted by Gasteiger charge is 2.31. The highest BCUT2D eigenvalue weighted by molar-refractivity contribution is 5.25. The zero-order valence-corrected chi connectivity index (χ0v) is 9.04. The van der Waals surface area contributed by atoms with Gasteiger partial charge in [0.15, 0.2) is 0 Å². The Hall–Kier alpha value is -0.260. The SMILES string of the molecule is CCCC1(C)CCC(CC)=C1C. The molecule has 0 nitrogen and oxygen atoms in total. The molecule has 0 saturated heterocycles. The third-order valence-corrected chi connectivity index (χ3v) is 3.64. The highest BCUT2D eigenvalue weighted by atomic mass is 14.4. The number of allylic oxidation sites excluding steroid dienone is 2. The summed E-state index contributed by atoms with van der Waals surface area (Å²) in [6.07, 6.45) is 6.73. The molecule has 1 atom stereocenters. The van der Waals surface area contributed by atoms with Crippen LogP contribution >= 0.6 is 0 Å². The molecule has 0 aliphatic heterocycles. The Labute approximate surface area is 77.1 Å². The van der Waals surface area contributed by atoms with Crippen molar-refractivity contribution in [2.45, 2.75) is 59.8 Å². The van der Waals surface area contributed by atoms with Crippen molar-refractivity contribution >= 4 is 0 Å². The van der Waals surface area contributed by atoms with Crippen LogP contribution in [0.25, 0.3) is 0 Å². The summed E-state index contributed by atoms with van der Waals surface area (Å²) in [5.74, 6) is 0. The first kappa shape index (κ1) is 9.83. The molecule has 12 heavy (non-hydrogen) atoms. The Morgan fingerprint density at radius 1 is 1.33 bits per heavy atom. The summed E-state index contributed by atoms with van der Waals surface area (Å²) in [6.45, 7) is 9.37. The molecule has 0 spiro atoms. The van der Waals surface area contributed by atoms with E-state index in [4.69, 9.17) is 0 Å². The molecule has 0 aromatic carbocycles. The van der Waals surface area contributed by atoms with Gasteiger partial charge in [-0.2, -0.15) is 0 Å². The van der Waals surface area contributed by atoms with E-state index in [0.29, 0.717) is 5.41 Å². The summed E-state index contributed by atoms with van der Waals surface area (Å²) in [7, 11) is 0. The van der Waals surface area contributed by atoms with E-state index >= 15 is 0 Å². The largest absolute Gasteiger partial charge is 0.0710 e. The fraction of sp³-hybridized carbons (Fsp3) is 0.833. The monoisotopic (exact) mass is 166 g/mol. The van der Waals surface area contributed by atoms with E-state index in [0.717, 1.165) is 0 Å². The van der Waals surface area contributed by atoms with E-state index in [9.17, 15) is 0 Å². The molecular formula is C12H22. The molecule has 0 saturated carbocycles. The number of hydrogen-bond donors (Lipinski definition) is 0. The fourth-order valence-corrected chi connectivity index (χ4v) is 2.53. The second-order valence-corrected chi connectivity index (χ2v) is 4.39. The lowest BCUT2D eigenvalue weighted by Crippen LogP contribution is -2.13. The Bertz CT molecular complexity index is 188. The molecule has 70 valence electrons. The molecule has 0 heteroatoms. The minimum atomic E-state index is 0.556. The van der Waals surface area contributed by atoms with Gasteiger partial charge in [-0.05, 0) is 38.0 Å². The van der Waals surface area contributed by atoms with Crippen LogP contribution in [0, 0.1) is 5.41 Å². The summed E-state index contributed by atoms with van der Waals surface area (Å²) in [6, 6.07) is 0. The van der Waals surface area contributed by atoms with Gasteiger partial charge in [-0.15, -0.1) is 0 Å². The average molecular weight is 166 g/mol. The van der Waals surface area contributed by atoms with Gasteiger partial charge >= 0.3 is 0 Å². The van der Waals surface area contributed by atoms with Crippen LogP contribution in [0.2, 0.25) is 0 Å². The lowest BCUT2D eigenvalue weighted by atomic mass is 9.80. The van der Waals surface area contributed by atoms with Gasteiger partial charge in [-0.3, -0.25) is 0 Å². The maximum atomic E-state index is 2.44. The van der Waals surface area contributed by atoms with Crippen molar-refractivity contribution in [3.63, 3.8) is 0 Å². The van der Waals surface area contributed by atoms with Crippen molar-refractivity contribution in [2.24, 2.45) is 5.41 Å². The Balaban J connectivity index is 2.76. The molecule has 1 unspecified atom stereocenters. The van der Waals surface area contributed by atoms with Crippen LogP contribution in [-0.4, -0.2) is 0 Å². The molecule has 1 rings (SSSR count). The Kier molecular flexibility index (Phi) is 2.98. The van der Waals surface area contributed by atoms with Crippen LogP contribution in [0.4, 0.5) is 0 Å². The molecule has 0 bridgehead atoms. The van der Waals surface area contributed by atoms with Crippen LogP contribution in [0.1, 0.15) is 59.8 Å². The van der Waals surface area contributed by atoms with Gasteiger partial charge in [0.2, 0.25) is 0 Å². The molecule has 0 radical (unpaired) electrons. The molecular weight excluding hydrogens is 144 g/mol. The fourth-order valence-electron chi connectivity index (χ4n) is 2.53. The maximum Gasteiger partial charge on any atom is -0.0114 e. The standard InChI is InChI=1S/C12H22/c1-5-8-12(4)9-7-11(6-2)10(12)3/h5-9H2,1-4H3. The summed E-state index contributed by atoms with van der Waals surface area (Å²) < 4.78 is 0. The van der Waals surface area contributed by atoms with Gasteiger partial charge in [0.05, 0.1) is 0 Å². The molecule has 0 heterocycles. The van der Waals surface area contributed by atoms with Crippen molar-refractivity contribution in [3.05, 3.63) is 11.1 Å². The van der Waals surface area contributed by atoms with Crippen molar-refractivity contribution in [2.75, 3.05) is 0 Å². The predicted octanol–water partition coefficient (Wildman–Crippen LogP) is 4.31. The van der Waals surface area contributed by atoms with Crippen molar-refractivity contribution < 1.29 is 0 Å². The molecule has 1 aliphatic rings. The normalized spacial score (nSPS) is 30.0. The minimum Gasteiger partial charge on any atom is -0.0710 e. The average Bonchev–Trinajstić information content (AvgIpc) is 2.30. The summed E-state index contributed by atoms with van der Waals surface area (Å²) in [5, 5.41) is 0. The van der Waals surface area contributed by atoms with Gasteiger partial charge < -0.3 is 0 Å². The quantitative estimate of drug-likeness (QED) is 0.548. The second-order valence-electron chi connectivity index (χ2n) is 4.39. The van der Waals surface area contributed by atoms with Gasteiger partial charge in [0.1, 0.15) is 0 Å². The lowest BCUT2D eigenvalue weighted by molar-refractivity contribution is 0.357. The third-order valence-electron chi connectivity index (χ3n) is 3.64. The zero-order valence-electron chi connectivity index (χ0n) is 9.04. The molecule has 0 amide bonds. The van der Waals surface area contributed by atoms with E-state index < -0.39 is 0 Å². The predicted molar refractivity (Wildman–Crippen MR) is 55.2 cm³/mol. The molecule has 0 aromatic rings. The topological polar surface area (TPSA) is 0 Å². The molecule has 0 fully saturated rings. The first-order chi connectivity index (χ1) is 5.64. The van der Waals surface area contributed by atoms with Crippen LogP contribution in [-0.2, 0) is 0 Å². The third kappa shape index (κ3) is 1.57. The lowest BCUT2D eigenvalue weighted by Gasteiger charge is -2.25. The molecule has 0 N–H and O–H groups in total. The van der Waals surface area contributed by atoms with Crippen molar-refractivity contribution in [3.8, 4) is 0 Å². The number of hydrogen-bond acceptors (Lipinski definition) is 0. The minimum absolute atomic E-state index is 0.556. The number of rotatable bonds is 3. The second kappa shape index (κ2) is 3.64. The summed E-state index contributed by atoms with van der Waals surface area (Å²) in [5.41, 5.74) is 3.98. The van der Waals surface area contributed by atoms with Crippen molar-refractivity contribution in [1.82, 2.24) is 0 Å². The van der Waals surface area contributed by atoms with Gasteiger partial charge in [0.25, 0.3) is 0 Å². The molecule has 1 aliphatic carbocycles. The van der Waals surface area contributed by atoms with E-state index in [2.05, 4.69) is 27.7 Å². The van der Waals surface area contributed by atoms with Crippen LogP contribution in [0.15, 0.2) is 11.1 Å². The highest BCUT2D eigenvalue weighted by Crippen LogP contribution is 2.46. The zero-order chi connectivity index (χ0) is 9.19. The van der Waals surface area contributed by atoms with Crippen molar-refractivity contribution in [1.29, 1.82) is 0 Å². The van der Waals surface area contributed by atoms with E-state index in [-0.39, 0.29) is 0 Å². The first-order valence-corrected chi connectivity index (χ1v) is 5.33. The first-order valence-electron chi connectivity index (χ1n) is 5.33. The van der Waals surface area contributed by atoms with Gasteiger partial charge in [-0.1, -0.05) is 38.3 Å². The summed E-state index contributed by atoms with van der Waals surface area (Å²) in [4.78, 5) is 0. The Morgan fingerprint density at radius 2 is 2.00 bits per heavy atom. The van der Waals surface area contributed by atoms with Crippen LogP contribution in [0.3, 0.4) is 0 Å².